The molecule has 2 rings (SSSR count). The first-order valence-electron chi connectivity index (χ1n) is 5.92. The number of nitrogens with one attached hydrogen (secondary N) is 1. The van der Waals surface area contributed by atoms with E-state index < -0.39 is 0 Å². The van der Waals surface area contributed by atoms with Crippen LogP contribution in [0.2, 0.25) is 0 Å². The summed E-state index contributed by atoms with van der Waals surface area (Å²) in [5, 5.41) is 15.5. The van der Waals surface area contributed by atoms with Crippen molar-refractivity contribution >= 4 is 0 Å². The van der Waals surface area contributed by atoms with Gasteiger partial charge in [0.25, 0.3) is 0 Å². The van der Waals surface area contributed by atoms with Gasteiger partial charge >= 0.3 is 0 Å². The number of hydrogen-bond donors (Lipinski definition) is 1. The zero-order valence-electron chi connectivity index (χ0n) is 10.0. The maximum absolute atomic E-state index is 4.27. The first kappa shape index (κ1) is 11.7. The minimum Gasteiger partial charge on any atom is -0.316 e. The largest absolute Gasteiger partial charge is 0.316 e. The lowest BCUT2D eigenvalue weighted by molar-refractivity contribution is 0.671. The van der Waals surface area contributed by atoms with Crippen molar-refractivity contribution in [2.45, 2.75) is 19.8 Å². The van der Waals surface area contributed by atoms with Crippen molar-refractivity contribution in [2.24, 2.45) is 0 Å². The molecular weight excluding hydrogens is 214 g/mol. The van der Waals surface area contributed by atoms with Crippen LogP contribution in [-0.4, -0.2) is 33.1 Å². The van der Waals surface area contributed by atoms with Gasteiger partial charge in [-0.2, -0.15) is 10.2 Å². The summed E-state index contributed by atoms with van der Waals surface area (Å²) in [6.45, 7) is 4.22. The van der Waals surface area contributed by atoms with Crippen LogP contribution >= 0.6 is 0 Å². The average molecular weight is 231 g/mol. The van der Waals surface area contributed by atoms with E-state index in [-0.39, 0.29) is 0 Å². The topological polar surface area (TPSA) is 55.6 Å². The Morgan fingerprint density at radius 1 is 1.35 bits per heavy atom. The Hall–Kier alpha value is -1.75. The second-order valence-corrected chi connectivity index (χ2v) is 3.88. The van der Waals surface area contributed by atoms with Crippen LogP contribution in [0.4, 0.5) is 0 Å². The number of hydrogen-bond acceptors (Lipinski definition) is 4. The van der Waals surface area contributed by atoms with Crippen LogP contribution in [0.5, 0.6) is 0 Å². The summed E-state index contributed by atoms with van der Waals surface area (Å²) in [6.07, 6.45) is 7.68. The molecule has 2 heterocycles. The molecular formula is C12H17N5. The zero-order valence-corrected chi connectivity index (χ0v) is 10.0. The van der Waals surface area contributed by atoms with Crippen molar-refractivity contribution in [3.63, 3.8) is 0 Å². The number of aromatic nitrogens is 4. The van der Waals surface area contributed by atoms with Crippen LogP contribution in [0.15, 0.2) is 30.7 Å². The molecule has 0 unspecified atom stereocenters. The van der Waals surface area contributed by atoms with Crippen molar-refractivity contribution in [1.29, 1.82) is 0 Å². The smallest absolute Gasteiger partial charge is 0.175 e. The van der Waals surface area contributed by atoms with E-state index in [0.717, 1.165) is 25.3 Å². The molecule has 0 spiro atoms. The van der Waals surface area contributed by atoms with E-state index in [0.29, 0.717) is 0 Å². The van der Waals surface area contributed by atoms with E-state index >= 15 is 0 Å². The zero-order chi connectivity index (χ0) is 11.9. The maximum atomic E-state index is 4.27. The molecule has 0 aromatic carbocycles. The highest BCUT2D eigenvalue weighted by atomic mass is 15.3. The summed E-state index contributed by atoms with van der Waals surface area (Å²) >= 11 is 0. The third kappa shape index (κ3) is 3.35. The summed E-state index contributed by atoms with van der Waals surface area (Å²) in [5.41, 5.74) is 1.21. The Kier molecular flexibility index (Phi) is 4.21. The predicted molar refractivity (Wildman–Crippen MR) is 66.0 cm³/mol. The predicted octanol–water partition coefficient (Wildman–Crippen LogP) is 1.20. The average Bonchev–Trinajstić information content (AvgIpc) is 2.85. The molecule has 5 heteroatoms. The summed E-state index contributed by atoms with van der Waals surface area (Å²) in [7, 11) is 0. The first-order chi connectivity index (χ1) is 8.40. The molecule has 0 radical (unpaired) electrons. The monoisotopic (exact) mass is 231 g/mol. The Balaban J connectivity index is 1.92. The van der Waals surface area contributed by atoms with Crippen LogP contribution in [0.1, 0.15) is 18.9 Å². The SMILES string of the molecule is CCCNCCc1cnn(-c2cccnn2)c1. The highest BCUT2D eigenvalue weighted by molar-refractivity contribution is 5.20. The third-order valence-electron chi connectivity index (χ3n) is 2.45. The molecule has 0 fully saturated rings. The lowest BCUT2D eigenvalue weighted by Gasteiger charge is -2.00. The van der Waals surface area contributed by atoms with Gasteiger partial charge in [0, 0.05) is 12.4 Å². The molecule has 0 amide bonds. The molecule has 90 valence electrons. The second kappa shape index (κ2) is 6.10. The van der Waals surface area contributed by atoms with Gasteiger partial charge in [-0.1, -0.05) is 6.92 Å². The van der Waals surface area contributed by atoms with Crippen LogP contribution < -0.4 is 5.32 Å². The fraction of sp³-hybridized carbons (Fsp3) is 0.417. The van der Waals surface area contributed by atoms with Crippen LogP contribution in [0, 0.1) is 0 Å². The molecule has 0 aliphatic carbocycles. The first-order valence-corrected chi connectivity index (χ1v) is 5.92. The van der Waals surface area contributed by atoms with Crippen molar-refractivity contribution in [2.75, 3.05) is 13.1 Å². The molecule has 0 atom stereocenters. The van der Waals surface area contributed by atoms with Crippen LogP contribution in [0.25, 0.3) is 5.82 Å². The van der Waals surface area contributed by atoms with Crippen LogP contribution in [0.3, 0.4) is 0 Å². The molecule has 0 aliphatic rings. The second-order valence-electron chi connectivity index (χ2n) is 3.88. The molecule has 0 saturated carbocycles. The van der Waals surface area contributed by atoms with Crippen molar-refractivity contribution in [1.82, 2.24) is 25.3 Å². The molecule has 0 bridgehead atoms. The highest BCUT2D eigenvalue weighted by Gasteiger charge is 2.01. The van der Waals surface area contributed by atoms with E-state index in [9.17, 15) is 0 Å². The van der Waals surface area contributed by atoms with Crippen molar-refractivity contribution in [3.05, 3.63) is 36.3 Å². The Morgan fingerprint density at radius 2 is 2.29 bits per heavy atom. The minimum atomic E-state index is 0.750. The fourth-order valence-corrected chi connectivity index (χ4v) is 1.56. The molecule has 5 nitrogen and oxygen atoms in total. The van der Waals surface area contributed by atoms with Gasteiger partial charge in [-0.25, -0.2) is 4.68 Å². The lowest BCUT2D eigenvalue weighted by atomic mass is 10.2. The van der Waals surface area contributed by atoms with Crippen molar-refractivity contribution in [3.8, 4) is 5.82 Å². The van der Waals surface area contributed by atoms with Gasteiger partial charge in [0.2, 0.25) is 0 Å². The third-order valence-corrected chi connectivity index (χ3v) is 2.45. The quantitative estimate of drug-likeness (QED) is 0.759. The molecule has 2 aromatic heterocycles. The standard InChI is InChI=1S/C12H17N5/c1-2-6-13-8-5-11-9-15-17(10-11)12-4-3-7-14-16-12/h3-4,7,9-10,13H,2,5-6,8H2,1H3. The Bertz CT molecular complexity index is 437. The summed E-state index contributed by atoms with van der Waals surface area (Å²) < 4.78 is 1.75. The van der Waals surface area contributed by atoms with Crippen LogP contribution in [-0.2, 0) is 6.42 Å². The maximum Gasteiger partial charge on any atom is 0.175 e. The molecule has 2 aromatic rings. The molecule has 0 saturated heterocycles. The van der Waals surface area contributed by atoms with E-state index in [1.807, 2.05) is 24.5 Å². The van der Waals surface area contributed by atoms with Gasteiger partial charge in [-0.3, -0.25) is 0 Å². The van der Waals surface area contributed by atoms with Gasteiger partial charge in [0.05, 0.1) is 6.20 Å². The van der Waals surface area contributed by atoms with Gasteiger partial charge in [-0.05, 0) is 43.6 Å². The van der Waals surface area contributed by atoms with Gasteiger partial charge < -0.3 is 5.32 Å². The van der Waals surface area contributed by atoms with E-state index in [1.165, 1.54) is 12.0 Å². The van der Waals surface area contributed by atoms with Crippen molar-refractivity contribution < 1.29 is 0 Å². The van der Waals surface area contributed by atoms with Gasteiger partial charge in [0.15, 0.2) is 5.82 Å². The number of rotatable bonds is 6. The number of nitrogens with zero attached hydrogens (tertiary/aromatic N) is 4. The van der Waals surface area contributed by atoms with E-state index in [2.05, 4.69) is 27.5 Å². The highest BCUT2D eigenvalue weighted by Crippen LogP contribution is 2.04. The molecule has 1 N–H and O–H groups in total. The summed E-state index contributed by atoms with van der Waals surface area (Å²) in [5.74, 6) is 0.750. The Morgan fingerprint density at radius 3 is 3.06 bits per heavy atom. The lowest BCUT2D eigenvalue weighted by Crippen LogP contribution is -2.17. The van der Waals surface area contributed by atoms with Gasteiger partial charge in [-0.15, -0.1) is 5.10 Å². The molecule has 17 heavy (non-hydrogen) atoms. The van der Waals surface area contributed by atoms with Gasteiger partial charge in [0.1, 0.15) is 0 Å². The Labute approximate surface area is 101 Å². The summed E-state index contributed by atoms with van der Waals surface area (Å²) in [6, 6.07) is 3.74. The minimum absolute atomic E-state index is 0.750. The van der Waals surface area contributed by atoms with E-state index in [1.54, 1.807) is 10.9 Å². The summed E-state index contributed by atoms with van der Waals surface area (Å²) in [4.78, 5) is 0. The molecule has 0 aliphatic heterocycles. The van der Waals surface area contributed by atoms with E-state index in [4.69, 9.17) is 0 Å². The fourth-order valence-electron chi connectivity index (χ4n) is 1.56. The normalized spacial score (nSPS) is 10.6.